The lowest BCUT2D eigenvalue weighted by Crippen LogP contribution is -2.27. The zero-order valence-electron chi connectivity index (χ0n) is 8.34. The molecule has 1 aromatic rings. The Kier molecular flexibility index (Phi) is 3.76. The van der Waals surface area contributed by atoms with E-state index in [4.69, 9.17) is 5.73 Å². The molecule has 0 bridgehead atoms. The standard InChI is InChI=1S/C10H11F3N2O/c11-10(12,13)4-5-15-9(16)7-2-1-3-8(14)6-7/h1-3,6H,4-5,14H2,(H,15,16). The minimum atomic E-state index is -4.26. The number of amides is 1. The van der Waals surface area contributed by atoms with E-state index >= 15 is 0 Å². The molecule has 0 saturated heterocycles. The molecule has 1 amide bonds. The second kappa shape index (κ2) is 4.87. The molecule has 0 fully saturated rings. The van der Waals surface area contributed by atoms with Crippen LogP contribution in [0.2, 0.25) is 0 Å². The van der Waals surface area contributed by atoms with Crippen molar-refractivity contribution < 1.29 is 18.0 Å². The molecule has 3 nitrogen and oxygen atoms in total. The van der Waals surface area contributed by atoms with Gasteiger partial charge in [0.25, 0.3) is 5.91 Å². The summed E-state index contributed by atoms with van der Waals surface area (Å²) in [7, 11) is 0. The molecule has 6 heteroatoms. The van der Waals surface area contributed by atoms with Gasteiger partial charge in [-0.1, -0.05) is 6.07 Å². The Morgan fingerprint density at radius 2 is 2.06 bits per heavy atom. The fourth-order valence-corrected chi connectivity index (χ4v) is 1.10. The first kappa shape index (κ1) is 12.4. The third-order valence-electron chi connectivity index (χ3n) is 1.84. The third-order valence-corrected chi connectivity index (χ3v) is 1.84. The van der Waals surface area contributed by atoms with Gasteiger partial charge in [0.2, 0.25) is 0 Å². The second-order valence-corrected chi connectivity index (χ2v) is 3.25. The number of rotatable bonds is 3. The van der Waals surface area contributed by atoms with Gasteiger partial charge in [0.1, 0.15) is 0 Å². The molecule has 0 aliphatic heterocycles. The summed E-state index contributed by atoms with van der Waals surface area (Å²) in [5, 5.41) is 2.17. The van der Waals surface area contributed by atoms with Crippen LogP contribution >= 0.6 is 0 Å². The van der Waals surface area contributed by atoms with E-state index in [0.29, 0.717) is 5.69 Å². The second-order valence-electron chi connectivity index (χ2n) is 3.25. The van der Waals surface area contributed by atoms with Crippen molar-refractivity contribution in [2.24, 2.45) is 0 Å². The summed E-state index contributed by atoms with van der Waals surface area (Å²) in [6.07, 6.45) is -5.30. The van der Waals surface area contributed by atoms with Gasteiger partial charge in [-0.2, -0.15) is 13.2 Å². The number of anilines is 1. The summed E-state index contributed by atoms with van der Waals surface area (Å²) in [4.78, 5) is 11.3. The topological polar surface area (TPSA) is 55.1 Å². The normalized spacial score (nSPS) is 11.2. The van der Waals surface area contributed by atoms with Crippen LogP contribution in [-0.2, 0) is 0 Å². The highest BCUT2D eigenvalue weighted by Gasteiger charge is 2.26. The highest BCUT2D eigenvalue weighted by Crippen LogP contribution is 2.18. The van der Waals surface area contributed by atoms with E-state index in [-0.39, 0.29) is 5.56 Å². The molecule has 0 radical (unpaired) electrons. The first-order chi connectivity index (χ1) is 7.38. The zero-order valence-corrected chi connectivity index (χ0v) is 8.34. The van der Waals surface area contributed by atoms with Crippen molar-refractivity contribution in [1.82, 2.24) is 5.32 Å². The Bertz CT molecular complexity index is 377. The molecule has 0 aromatic heterocycles. The predicted molar refractivity (Wildman–Crippen MR) is 53.9 cm³/mol. The average Bonchev–Trinajstić information content (AvgIpc) is 2.15. The fraction of sp³-hybridized carbons (Fsp3) is 0.300. The molecule has 16 heavy (non-hydrogen) atoms. The summed E-state index contributed by atoms with van der Waals surface area (Å²) in [6, 6.07) is 6.04. The highest BCUT2D eigenvalue weighted by molar-refractivity contribution is 5.94. The maximum atomic E-state index is 11.8. The van der Waals surface area contributed by atoms with Crippen molar-refractivity contribution in [2.75, 3.05) is 12.3 Å². The minimum absolute atomic E-state index is 0.252. The lowest BCUT2D eigenvalue weighted by Gasteiger charge is -2.08. The predicted octanol–water partition coefficient (Wildman–Crippen LogP) is 1.95. The molecule has 0 unspecified atom stereocenters. The molecule has 1 rings (SSSR count). The maximum absolute atomic E-state index is 11.8. The van der Waals surface area contributed by atoms with E-state index in [1.807, 2.05) is 0 Å². The summed E-state index contributed by atoms with van der Waals surface area (Å²) in [5.41, 5.74) is 6.08. The number of benzene rings is 1. The van der Waals surface area contributed by atoms with Crippen molar-refractivity contribution >= 4 is 11.6 Å². The monoisotopic (exact) mass is 232 g/mol. The van der Waals surface area contributed by atoms with Gasteiger partial charge in [-0.25, -0.2) is 0 Å². The summed E-state index contributed by atoms with van der Waals surface area (Å²) >= 11 is 0. The van der Waals surface area contributed by atoms with Gasteiger partial charge in [0, 0.05) is 17.8 Å². The Morgan fingerprint density at radius 3 is 2.62 bits per heavy atom. The molecular weight excluding hydrogens is 221 g/mol. The van der Waals surface area contributed by atoms with Crippen LogP contribution in [0.25, 0.3) is 0 Å². The molecule has 3 N–H and O–H groups in total. The Hall–Kier alpha value is -1.72. The Labute approximate surface area is 90.4 Å². The van der Waals surface area contributed by atoms with E-state index < -0.39 is 25.0 Å². The van der Waals surface area contributed by atoms with Crippen molar-refractivity contribution in [1.29, 1.82) is 0 Å². The molecule has 0 saturated carbocycles. The van der Waals surface area contributed by atoms with Crippen molar-refractivity contribution in [3.63, 3.8) is 0 Å². The Morgan fingerprint density at radius 1 is 1.38 bits per heavy atom. The number of alkyl halides is 3. The number of hydrogen-bond acceptors (Lipinski definition) is 2. The molecule has 0 aliphatic carbocycles. The van der Waals surface area contributed by atoms with Crippen molar-refractivity contribution in [3.05, 3.63) is 29.8 Å². The number of halogens is 3. The first-order valence-electron chi connectivity index (χ1n) is 4.59. The fourth-order valence-electron chi connectivity index (χ4n) is 1.10. The SMILES string of the molecule is Nc1cccc(C(=O)NCCC(F)(F)F)c1. The van der Waals surface area contributed by atoms with Gasteiger partial charge >= 0.3 is 6.18 Å². The first-order valence-corrected chi connectivity index (χ1v) is 4.59. The van der Waals surface area contributed by atoms with Gasteiger partial charge in [-0.3, -0.25) is 4.79 Å². The van der Waals surface area contributed by atoms with Gasteiger partial charge in [0.05, 0.1) is 6.42 Å². The van der Waals surface area contributed by atoms with E-state index in [9.17, 15) is 18.0 Å². The number of hydrogen-bond donors (Lipinski definition) is 2. The lowest BCUT2D eigenvalue weighted by molar-refractivity contribution is -0.132. The van der Waals surface area contributed by atoms with E-state index in [1.54, 1.807) is 12.1 Å². The number of carbonyl (C=O) groups excluding carboxylic acids is 1. The van der Waals surface area contributed by atoms with E-state index in [0.717, 1.165) is 0 Å². The largest absolute Gasteiger partial charge is 0.399 e. The highest BCUT2D eigenvalue weighted by atomic mass is 19.4. The third kappa shape index (κ3) is 4.20. The molecule has 0 spiro atoms. The van der Waals surface area contributed by atoms with Crippen molar-refractivity contribution in [3.8, 4) is 0 Å². The average molecular weight is 232 g/mol. The molecule has 0 atom stereocenters. The molecule has 1 aromatic carbocycles. The van der Waals surface area contributed by atoms with Crippen LogP contribution in [0.5, 0.6) is 0 Å². The summed E-state index contributed by atoms with van der Waals surface area (Å²) in [6.45, 7) is -0.433. The summed E-state index contributed by atoms with van der Waals surface area (Å²) in [5.74, 6) is -0.559. The molecule has 0 heterocycles. The maximum Gasteiger partial charge on any atom is 0.390 e. The molecule has 88 valence electrons. The van der Waals surface area contributed by atoms with Crippen LogP contribution in [0.1, 0.15) is 16.8 Å². The zero-order chi connectivity index (χ0) is 12.2. The van der Waals surface area contributed by atoms with E-state index in [2.05, 4.69) is 5.32 Å². The number of nitrogens with two attached hydrogens (primary N) is 1. The van der Waals surface area contributed by atoms with Crippen LogP contribution in [-0.4, -0.2) is 18.6 Å². The Balaban J connectivity index is 2.47. The number of nitrogens with one attached hydrogen (secondary N) is 1. The lowest BCUT2D eigenvalue weighted by atomic mass is 10.2. The molecule has 0 aliphatic rings. The quantitative estimate of drug-likeness (QED) is 0.782. The van der Waals surface area contributed by atoms with Crippen LogP contribution in [0, 0.1) is 0 Å². The van der Waals surface area contributed by atoms with Crippen LogP contribution in [0.15, 0.2) is 24.3 Å². The smallest absolute Gasteiger partial charge is 0.390 e. The van der Waals surface area contributed by atoms with Gasteiger partial charge in [0.15, 0.2) is 0 Å². The van der Waals surface area contributed by atoms with Crippen LogP contribution in [0.3, 0.4) is 0 Å². The van der Waals surface area contributed by atoms with Gasteiger partial charge in [-0.15, -0.1) is 0 Å². The number of carbonyl (C=O) groups is 1. The van der Waals surface area contributed by atoms with Crippen molar-refractivity contribution in [2.45, 2.75) is 12.6 Å². The minimum Gasteiger partial charge on any atom is -0.399 e. The van der Waals surface area contributed by atoms with E-state index in [1.165, 1.54) is 12.1 Å². The molecular formula is C10H11F3N2O. The van der Waals surface area contributed by atoms with Gasteiger partial charge in [-0.05, 0) is 18.2 Å². The van der Waals surface area contributed by atoms with Crippen LogP contribution < -0.4 is 11.1 Å². The van der Waals surface area contributed by atoms with Gasteiger partial charge < -0.3 is 11.1 Å². The van der Waals surface area contributed by atoms with Crippen LogP contribution in [0.4, 0.5) is 18.9 Å². The number of nitrogen functional groups attached to an aromatic ring is 1. The summed E-state index contributed by atoms with van der Waals surface area (Å²) < 4.78 is 35.4.